The van der Waals surface area contributed by atoms with Crippen molar-refractivity contribution in [1.29, 1.82) is 0 Å². The molecule has 1 aromatic rings. The van der Waals surface area contributed by atoms with Gasteiger partial charge in [-0.05, 0) is 18.2 Å². The number of carboxylic acid groups (broad SMARTS) is 1. The van der Waals surface area contributed by atoms with E-state index in [1.165, 1.54) is 0 Å². The molecule has 1 N–H and O–H groups in total. The highest BCUT2D eigenvalue weighted by Gasteiger charge is 2.36. The summed E-state index contributed by atoms with van der Waals surface area (Å²) in [4.78, 5) is 10.1. The number of rotatable bonds is 4. The number of aromatic carboxylic acids is 1. The van der Waals surface area contributed by atoms with Gasteiger partial charge in [0, 0.05) is 13.1 Å². The Morgan fingerprint density at radius 1 is 1.23 bits per heavy atom. The van der Waals surface area contributed by atoms with Crippen molar-refractivity contribution in [3.63, 3.8) is 0 Å². The highest BCUT2D eigenvalue weighted by Crippen LogP contribution is 2.33. The molecule has 0 fully saturated rings. The van der Waals surface area contributed by atoms with Gasteiger partial charge in [0.2, 0.25) is 10.0 Å². The van der Waals surface area contributed by atoms with Crippen molar-refractivity contribution in [2.45, 2.75) is 11.3 Å². The lowest BCUT2D eigenvalue weighted by atomic mass is 10.2. The quantitative estimate of drug-likeness (QED) is 0.848. The van der Waals surface area contributed by atoms with Gasteiger partial charge in [-0.2, -0.15) is 4.31 Å². The summed E-state index contributed by atoms with van der Waals surface area (Å²) in [5.74, 6) is -2.57. The summed E-state index contributed by atoms with van der Waals surface area (Å²) in [5.41, 5.74) is -0.516. The van der Waals surface area contributed by atoms with Gasteiger partial charge in [-0.1, -0.05) is 12.2 Å². The minimum Gasteiger partial charge on any atom is -0.478 e. The third-order valence-corrected chi connectivity index (χ3v) is 4.69. The third-order valence-electron chi connectivity index (χ3n) is 2.82. The van der Waals surface area contributed by atoms with Crippen LogP contribution in [0.3, 0.4) is 0 Å². The Hall–Kier alpha value is -2.07. The van der Waals surface area contributed by atoms with Crippen molar-refractivity contribution in [3.8, 4) is 5.75 Å². The van der Waals surface area contributed by atoms with E-state index in [0.29, 0.717) is 6.07 Å². The average molecular weight is 337 g/mol. The Bertz CT molecular complexity index is 719. The molecule has 0 radical (unpaired) electrons. The lowest BCUT2D eigenvalue weighted by molar-refractivity contribution is -0.275. The van der Waals surface area contributed by atoms with Crippen molar-refractivity contribution in [2.75, 3.05) is 13.1 Å². The van der Waals surface area contributed by atoms with Crippen LogP contribution in [0.1, 0.15) is 10.4 Å². The SMILES string of the molecule is O=C(O)c1ccc(S(=O)(=O)N2CC=CC2)c(OC(F)(F)F)c1. The molecule has 1 aliphatic rings. The van der Waals surface area contributed by atoms with Crippen LogP contribution in [0.2, 0.25) is 0 Å². The minimum atomic E-state index is -5.15. The molecule has 1 aliphatic heterocycles. The Morgan fingerprint density at radius 2 is 1.82 bits per heavy atom. The Labute approximate surface area is 123 Å². The van der Waals surface area contributed by atoms with Gasteiger partial charge in [0.25, 0.3) is 0 Å². The fourth-order valence-electron chi connectivity index (χ4n) is 1.85. The van der Waals surface area contributed by atoms with E-state index in [4.69, 9.17) is 5.11 Å². The van der Waals surface area contributed by atoms with Crippen LogP contribution < -0.4 is 4.74 Å². The fraction of sp³-hybridized carbons (Fsp3) is 0.250. The number of carboxylic acids is 1. The summed E-state index contributed by atoms with van der Waals surface area (Å²) in [6.07, 6.45) is -2.05. The molecular weight excluding hydrogens is 327 g/mol. The third kappa shape index (κ3) is 3.39. The second-order valence-electron chi connectivity index (χ2n) is 4.31. The van der Waals surface area contributed by atoms with Gasteiger partial charge in [0.1, 0.15) is 10.6 Å². The Kier molecular flexibility index (Phi) is 4.16. The predicted octanol–water partition coefficient (Wildman–Crippen LogP) is 1.84. The summed E-state index contributed by atoms with van der Waals surface area (Å²) >= 11 is 0. The summed E-state index contributed by atoms with van der Waals surface area (Å²) in [6.45, 7) is 0.0446. The number of carbonyl (C=O) groups is 1. The molecular formula is C12H10F3NO5S. The molecule has 22 heavy (non-hydrogen) atoms. The minimum absolute atomic E-state index is 0.0223. The highest BCUT2D eigenvalue weighted by atomic mass is 32.2. The standard InChI is InChI=1S/C12H10F3NO5S/c13-12(14,15)21-9-7-8(11(17)18)3-4-10(9)22(19,20)16-5-1-2-6-16/h1-4,7H,5-6H2,(H,17,18). The molecule has 0 saturated heterocycles. The molecule has 0 aromatic heterocycles. The molecule has 1 heterocycles. The molecule has 2 rings (SSSR count). The summed E-state index contributed by atoms with van der Waals surface area (Å²) in [7, 11) is -4.23. The maximum absolute atomic E-state index is 12.4. The Balaban J connectivity index is 2.52. The van der Waals surface area contributed by atoms with E-state index in [9.17, 15) is 26.4 Å². The molecule has 120 valence electrons. The zero-order chi connectivity index (χ0) is 16.5. The lowest BCUT2D eigenvalue weighted by Gasteiger charge is -2.19. The van der Waals surface area contributed by atoms with Gasteiger partial charge in [-0.15, -0.1) is 13.2 Å². The van der Waals surface area contributed by atoms with Crippen molar-refractivity contribution >= 4 is 16.0 Å². The smallest absolute Gasteiger partial charge is 0.478 e. The normalized spacial score (nSPS) is 16.0. The average Bonchev–Trinajstić information content (AvgIpc) is 2.90. The Morgan fingerprint density at radius 3 is 2.32 bits per heavy atom. The molecule has 0 amide bonds. The monoisotopic (exact) mass is 337 g/mol. The van der Waals surface area contributed by atoms with Gasteiger partial charge in [-0.3, -0.25) is 0 Å². The predicted molar refractivity (Wildman–Crippen MR) is 68.0 cm³/mol. The molecule has 0 saturated carbocycles. The van der Waals surface area contributed by atoms with Crippen LogP contribution in [-0.4, -0.2) is 43.3 Å². The molecule has 6 nitrogen and oxygen atoms in total. The molecule has 0 bridgehead atoms. The second kappa shape index (κ2) is 5.61. The number of hydrogen-bond donors (Lipinski definition) is 1. The maximum atomic E-state index is 12.4. The van der Waals surface area contributed by atoms with Crippen molar-refractivity contribution in [1.82, 2.24) is 4.31 Å². The topological polar surface area (TPSA) is 83.9 Å². The second-order valence-corrected chi connectivity index (χ2v) is 6.21. The van der Waals surface area contributed by atoms with E-state index in [-0.39, 0.29) is 13.1 Å². The first-order chi connectivity index (χ1) is 10.1. The van der Waals surface area contributed by atoms with Crippen LogP contribution in [-0.2, 0) is 10.0 Å². The van der Waals surface area contributed by atoms with E-state index < -0.39 is 38.6 Å². The van der Waals surface area contributed by atoms with Gasteiger partial charge in [0.15, 0.2) is 0 Å². The lowest BCUT2D eigenvalue weighted by Crippen LogP contribution is -2.29. The zero-order valence-electron chi connectivity index (χ0n) is 10.9. The van der Waals surface area contributed by atoms with Crippen LogP contribution in [0.15, 0.2) is 35.2 Å². The molecule has 1 aromatic carbocycles. The van der Waals surface area contributed by atoms with Crippen molar-refractivity contribution < 1.29 is 36.2 Å². The van der Waals surface area contributed by atoms with E-state index in [1.807, 2.05) is 0 Å². The summed E-state index contributed by atoms with van der Waals surface area (Å²) < 4.78 is 66.5. The van der Waals surface area contributed by atoms with Crippen molar-refractivity contribution in [2.24, 2.45) is 0 Å². The number of benzene rings is 1. The van der Waals surface area contributed by atoms with Crippen LogP contribution in [0.5, 0.6) is 5.75 Å². The first kappa shape index (κ1) is 16.3. The van der Waals surface area contributed by atoms with Crippen LogP contribution in [0.4, 0.5) is 13.2 Å². The van der Waals surface area contributed by atoms with Crippen LogP contribution >= 0.6 is 0 Å². The molecule has 0 spiro atoms. The summed E-state index contributed by atoms with van der Waals surface area (Å²) in [5, 5.41) is 8.81. The number of hydrogen-bond acceptors (Lipinski definition) is 4. The number of sulfonamides is 1. The fourth-order valence-corrected chi connectivity index (χ4v) is 3.29. The molecule has 0 atom stereocenters. The number of nitrogens with zero attached hydrogens (tertiary/aromatic N) is 1. The molecule has 0 aliphatic carbocycles. The van der Waals surface area contributed by atoms with E-state index in [1.54, 1.807) is 12.2 Å². The van der Waals surface area contributed by atoms with E-state index in [2.05, 4.69) is 4.74 Å². The largest absolute Gasteiger partial charge is 0.573 e. The van der Waals surface area contributed by atoms with Gasteiger partial charge in [0.05, 0.1) is 5.56 Å². The van der Waals surface area contributed by atoms with E-state index in [0.717, 1.165) is 16.4 Å². The van der Waals surface area contributed by atoms with E-state index >= 15 is 0 Å². The van der Waals surface area contributed by atoms with Crippen LogP contribution in [0, 0.1) is 0 Å². The number of ether oxygens (including phenoxy) is 1. The summed E-state index contributed by atoms with van der Waals surface area (Å²) in [6, 6.07) is 2.23. The molecule has 0 unspecified atom stereocenters. The van der Waals surface area contributed by atoms with Crippen LogP contribution in [0.25, 0.3) is 0 Å². The highest BCUT2D eigenvalue weighted by molar-refractivity contribution is 7.89. The first-order valence-electron chi connectivity index (χ1n) is 5.89. The zero-order valence-corrected chi connectivity index (χ0v) is 11.7. The van der Waals surface area contributed by atoms with Gasteiger partial charge >= 0.3 is 12.3 Å². The van der Waals surface area contributed by atoms with Crippen molar-refractivity contribution in [3.05, 3.63) is 35.9 Å². The number of halogens is 3. The molecule has 10 heteroatoms. The van der Waals surface area contributed by atoms with Gasteiger partial charge < -0.3 is 9.84 Å². The van der Waals surface area contributed by atoms with Gasteiger partial charge in [-0.25, -0.2) is 13.2 Å². The maximum Gasteiger partial charge on any atom is 0.573 e. The number of alkyl halides is 3. The first-order valence-corrected chi connectivity index (χ1v) is 7.33.